The Bertz CT molecular complexity index is 540. The molecule has 0 saturated carbocycles. The van der Waals surface area contributed by atoms with Crippen molar-refractivity contribution >= 4 is 11.7 Å². The first-order valence-corrected chi connectivity index (χ1v) is 7.10. The van der Waals surface area contributed by atoms with Gasteiger partial charge in [-0.1, -0.05) is 12.1 Å². The van der Waals surface area contributed by atoms with E-state index in [0.29, 0.717) is 12.2 Å². The Morgan fingerprint density at radius 1 is 1.36 bits per heavy atom. The summed E-state index contributed by atoms with van der Waals surface area (Å²) in [6, 6.07) is 6.39. The van der Waals surface area contributed by atoms with Gasteiger partial charge in [0.05, 0.1) is 11.5 Å². The first-order chi connectivity index (χ1) is 10.2. The number of anilines is 1. The molecule has 1 aliphatic rings. The zero-order valence-electron chi connectivity index (χ0n) is 12.6. The van der Waals surface area contributed by atoms with Gasteiger partial charge in [-0.05, 0) is 38.0 Å². The number of rotatable bonds is 2. The van der Waals surface area contributed by atoms with Crippen molar-refractivity contribution in [2.75, 3.05) is 11.9 Å². The number of nitrogens with one attached hydrogen (secondary N) is 1. The summed E-state index contributed by atoms with van der Waals surface area (Å²) >= 11 is 0. The molecule has 3 N–H and O–H groups in total. The lowest BCUT2D eigenvalue weighted by atomic mass is 9.88. The Morgan fingerprint density at radius 2 is 1.95 bits per heavy atom. The third kappa shape index (κ3) is 3.19. The molecular weight excluding hydrogens is 295 g/mol. The Labute approximate surface area is 127 Å². The Morgan fingerprint density at radius 3 is 2.41 bits per heavy atom. The van der Waals surface area contributed by atoms with Gasteiger partial charge in [-0.15, -0.1) is 0 Å². The minimum Gasteiger partial charge on any atom is -0.326 e. The van der Waals surface area contributed by atoms with Crippen LogP contribution in [0.5, 0.6) is 0 Å². The average molecular weight is 315 g/mol. The minimum atomic E-state index is -4.30. The van der Waals surface area contributed by atoms with Crippen LogP contribution < -0.4 is 11.1 Å². The highest BCUT2D eigenvalue weighted by molar-refractivity contribution is 5.90. The summed E-state index contributed by atoms with van der Waals surface area (Å²) in [5.41, 5.74) is 5.67. The topological polar surface area (TPSA) is 58.4 Å². The molecule has 2 rings (SSSR count). The minimum absolute atomic E-state index is 0.0734. The number of nitrogens with zero attached hydrogens (tertiary/aromatic N) is 1. The summed E-state index contributed by atoms with van der Waals surface area (Å²) < 4.78 is 39.1. The van der Waals surface area contributed by atoms with Crippen LogP contribution in [0.25, 0.3) is 0 Å². The van der Waals surface area contributed by atoms with E-state index in [1.165, 1.54) is 18.7 Å². The van der Waals surface area contributed by atoms with E-state index >= 15 is 0 Å². The van der Waals surface area contributed by atoms with Gasteiger partial charge in [0.25, 0.3) is 0 Å². The van der Waals surface area contributed by atoms with Gasteiger partial charge in [0.2, 0.25) is 0 Å². The molecule has 1 unspecified atom stereocenters. The molecule has 1 heterocycles. The highest BCUT2D eigenvalue weighted by Gasteiger charge is 2.56. The number of nitrogens with two attached hydrogens (primary N) is 1. The molecular formula is C15H20F3N3O. The van der Waals surface area contributed by atoms with Crippen LogP contribution in [0.15, 0.2) is 24.3 Å². The van der Waals surface area contributed by atoms with Gasteiger partial charge in [0.15, 0.2) is 0 Å². The fourth-order valence-corrected chi connectivity index (χ4v) is 2.93. The smallest absolute Gasteiger partial charge is 0.326 e. The monoisotopic (exact) mass is 315 g/mol. The molecule has 22 heavy (non-hydrogen) atoms. The van der Waals surface area contributed by atoms with Gasteiger partial charge in [-0.3, -0.25) is 0 Å². The fourth-order valence-electron chi connectivity index (χ4n) is 2.93. The lowest BCUT2D eigenvalue weighted by Gasteiger charge is -2.36. The van der Waals surface area contributed by atoms with Gasteiger partial charge in [-0.2, -0.15) is 13.2 Å². The van der Waals surface area contributed by atoms with Crippen molar-refractivity contribution in [3.05, 3.63) is 29.8 Å². The molecule has 0 aromatic heterocycles. The zero-order chi connectivity index (χ0) is 16.5. The van der Waals surface area contributed by atoms with Crippen molar-refractivity contribution in [3.63, 3.8) is 0 Å². The van der Waals surface area contributed by atoms with E-state index in [9.17, 15) is 18.0 Å². The molecule has 0 aliphatic carbocycles. The first-order valence-electron chi connectivity index (χ1n) is 7.10. The van der Waals surface area contributed by atoms with E-state index < -0.39 is 23.7 Å². The largest absolute Gasteiger partial charge is 0.394 e. The van der Waals surface area contributed by atoms with Crippen LogP contribution in [0, 0.1) is 5.92 Å². The van der Waals surface area contributed by atoms with Crippen LogP contribution in [-0.4, -0.2) is 29.2 Å². The van der Waals surface area contributed by atoms with Crippen molar-refractivity contribution < 1.29 is 18.0 Å². The van der Waals surface area contributed by atoms with E-state index in [4.69, 9.17) is 5.73 Å². The summed E-state index contributed by atoms with van der Waals surface area (Å²) in [5.74, 6) is -1.51. The highest BCUT2D eigenvalue weighted by Crippen LogP contribution is 2.44. The second-order valence-corrected chi connectivity index (χ2v) is 6.02. The van der Waals surface area contributed by atoms with Crippen molar-refractivity contribution in [2.24, 2.45) is 11.7 Å². The molecule has 0 spiro atoms. The summed E-state index contributed by atoms with van der Waals surface area (Å²) in [5, 5.41) is 2.64. The quantitative estimate of drug-likeness (QED) is 0.879. The van der Waals surface area contributed by atoms with E-state index in [-0.39, 0.29) is 13.0 Å². The van der Waals surface area contributed by atoms with Gasteiger partial charge in [0, 0.05) is 18.8 Å². The van der Waals surface area contributed by atoms with Gasteiger partial charge < -0.3 is 16.0 Å². The first kappa shape index (κ1) is 16.6. The number of carbonyl (C=O) groups is 1. The summed E-state index contributed by atoms with van der Waals surface area (Å²) in [4.78, 5) is 13.5. The summed E-state index contributed by atoms with van der Waals surface area (Å²) in [7, 11) is 0. The number of hydrogen-bond donors (Lipinski definition) is 2. The van der Waals surface area contributed by atoms with E-state index in [1.807, 2.05) is 0 Å². The molecule has 2 amide bonds. The number of carbonyl (C=O) groups excluding carboxylic acids is 1. The number of alkyl halides is 3. The van der Waals surface area contributed by atoms with Gasteiger partial charge >= 0.3 is 12.2 Å². The standard InChI is InChI=1S/C15H20F3N3O/c1-14(2)12(15(16,17)18)7-8-21(14)13(22)20-11-5-3-10(9-19)4-6-11/h3-6,12H,7-9,19H2,1-2H3,(H,20,22). The second-order valence-electron chi connectivity index (χ2n) is 6.02. The van der Waals surface area contributed by atoms with Gasteiger partial charge in [-0.25, -0.2) is 4.79 Å². The number of halogens is 3. The van der Waals surface area contributed by atoms with Crippen LogP contribution in [0.3, 0.4) is 0 Å². The van der Waals surface area contributed by atoms with Crippen LogP contribution in [-0.2, 0) is 6.54 Å². The maximum atomic E-state index is 13.0. The second kappa shape index (κ2) is 5.79. The third-order valence-electron chi connectivity index (χ3n) is 4.27. The number of hydrogen-bond acceptors (Lipinski definition) is 2. The molecule has 7 heteroatoms. The molecule has 1 aliphatic heterocycles. The van der Waals surface area contributed by atoms with Crippen molar-refractivity contribution in [1.82, 2.24) is 4.90 Å². The lowest BCUT2D eigenvalue weighted by Crippen LogP contribution is -2.51. The third-order valence-corrected chi connectivity index (χ3v) is 4.27. The van der Waals surface area contributed by atoms with E-state index in [2.05, 4.69) is 5.32 Å². The average Bonchev–Trinajstić information content (AvgIpc) is 2.74. The Hall–Kier alpha value is -1.76. The molecule has 4 nitrogen and oxygen atoms in total. The van der Waals surface area contributed by atoms with Gasteiger partial charge in [0.1, 0.15) is 0 Å². The SMILES string of the molecule is CC1(C)C(C(F)(F)F)CCN1C(=O)Nc1ccc(CN)cc1. The molecule has 122 valence electrons. The molecule has 1 saturated heterocycles. The summed E-state index contributed by atoms with van der Waals surface area (Å²) in [6.07, 6.45) is -4.38. The maximum Gasteiger partial charge on any atom is 0.394 e. The number of urea groups is 1. The Kier molecular flexibility index (Phi) is 4.37. The molecule has 1 aromatic rings. The van der Waals surface area contributed by atoms with E-state index in [0.717, 1.165) is 5.56 Å². The number of likely N-dealkylation sites (tertiary alicyclic amines) is 1. The van der Waals surface area contributed by atoms with Crippen LogP contribution in [0.4, 0.5) is 23.7 Å². The predicted molar refractivity (Wildman–Crippen MR) is 78.3 cm³/mol. The molecule has 1 atom stereocenters. The highest BCUT2D eigenvalue weighted by atomic mass is 19.4. The Balaban J connectivity index is 2.09. The zero-order valence-corrected chi connectivity index (χ0v) is 12.6. The number of amides is 2. The number of benzene rings is 1. The molecule has 0 bridgehead atoms. The maximum absolute atomic E-state index is 13.0. The van der Waals surface area contributed by atoms with Crippen molar-refractivity contribution in [2.45, 2.75) is 38.5 Å². The van der Waals surface area contributed by atoms with Crippen LogP contribution in [0.2, 0.25) is 0 Å². The molecule has 1 fully saturated rings. The van der Waals surface area contributed by atoms with E-state index in [1.54, 1.807) is 24.3 Å². The summed E-state index contributed by atoms with van der Waals surface area (Å²) in [6.45, 7) is 3.38. The lowest BCUT2D eigenvalue weighted by molar-refractivity contribution is -0.189. The predicted octanol–water partition coefficient (Wildman–Crippen LogP) is 3.34. The van der Waals surface area contributed by atoms with Crippen molar-refractivity contribution in [1.29, 1.82) is 0 Å². The molecule has 0 radical (unpaired) electrons. The normalized spacial score (nSPS) is 21.0. The fraction of sp³-hybridized carbons (Fsp3) is 0.533. The van der Waals surface area contributed by atoms with Crippen molar-refractivity contribution in [3.8, 4) is 0 Å². The molecule has 1 aromatic carbocycles. The van der Waals surface area contributed by atoms with Crippen LogP contribution >= 0.6 is 0 Å². The van der Waals surface area contributed by atoms with Crippen LogP contribution in [0.1, 0.15) is 25.8 Å².